The van der Waals surface area contributed by atoms with Crippen molar-refractivity contribution in [2.45, 2.75) is 6.04 Å². The molecule has 0 radical (unpaired) electrons. The number of nitrogen functional groups attached to an aromatic ring is 1. The van der Waals surface area contributed by atoms with Crippen molar-refractivity contribution in [1.82, 2.24) is 0 Å². The zero-order valence-electron chi connectivity index (χ0n) is 11.5. The van der Waals surface area contributed by atoms with Crippen LogP contribution in [0.4, 0.5) is 11.4 Å². The third-order valence-electron chi connectivity index (χ3n) is 3.01. The zero-order chi connectivity index (χ0) is 15.2. The predicted molar refractivity (Wildman–Crippen MR) is 80.4 cm³/mol. The quantitative estimate of drug-likeness (QED) is 0.664. The van der Waals surface area contributed by atoms with Crippen LogP contribution in [0, 0.1) is 11.3 Å². The maximum absolute atomic E-state index is 12.0. The Morgan fingerprint density at radius 2 is 2.00 bits per heavy atom. The molecule has 0 spiro atoms. The molecular weight excluding hydrogens is 266 g/mol. The van der Waals surface area contributed by atoms with E-state index in [9.17, 15) is 4.79 Å². The summed E-state index contributed by atoms with van der Waals surface area (Å²) < 4.78 is 4.83. The van der Waals surface area contributed by atoms with E-state index in [1.165, 1.54) is 7.11 Å². The molecule has 2 aromatic rings. The first-order valence-electron chi connectivity index (χ1n) is 6.34. The summed E-state index contributed by atoms with van der Waals surface area (Å²) in [4.78, 5) is 12.0. The number of nitriles is 1. The number of nitrogens with zero attached hydrogens (tertiary/aromatic N) is 1. The van der Waals surface area contributed by atoms with Gasteiger partial charge in [-0.05, 0) is 42.0 Å². The Morgan fingerprint density at radius 1 is 1.29 bits per heavy atom. The van der Waals surface area contributed by atoms with Crippen molar-refractivity contribution in [2.75, 3.05) is 18.2 Å². The molecule has 0 amide bonds. The second-order valence-electron chi connectivity index (χ2n) is 4.46. The summed E-state index contributed by atoms with van der Waals surface area (Å²) in [6.45, 7) is 0. The average Bonchev–Trinajstić information content (AvgIpc) is 2.52. The SMILES string of the molecule is COC(=O)C(Nc1ccc(C#N)cc1)c1cccc(N)c1. The van der Waals surface area contributed by atoms with Gasteiger partial charge in [0.15, 0.2) is 6.04 Å². The summed E-state index contributed by atoms with van der Waals surface area (Å²) in [5.74, 6) is -0.412. The van der Waals surface area contributed by atoms with Crippen molar-refractivity contribution in [3.8, 4) is 6.07 Å². The van der Waals surface area contributed by atoms with Crippen molar-refractivity contribution < 1.29 is 9.53 Å². The number of esters is 1. The molecule has 0 saturated carbocycles. The molecule has 0 aromatic heterocycles. The van der Waals surface area contributed by atoms with Crippen LogP contribution in [0.1, 0.15) is 17.2 Å². The van der Waals surface area contributed by atoms with Crippen LogP contribution >= 0.6 is 0 Å². The van der Waals surface area contributed by atoms with E-state index >= 15 is 0 Å². The minimum absolute atomic E-state index is 0.412. The molecule has 1 atom stereocenters. The molecule has 0 fully saturated rings. The Balaban J connectivity index is 2.28. The molecule has 5 nitrogen and oxygen atoms in total. The number of hydrogen-bond acceptors (Lipinski definition) is 5. The van der Waals surface area contributed by atoms with Gasteiger partial charge in [-0.2, -0.15) is 5.26 Å². The Bertz CT molecular complexity index is 675. The lowest BCUT2D eigenvalue weighted by Crippen LogP contribution is -2.22. The van der Waals surface area contributed by atoms with E-state index in [4.69, 9.17) is 15.7 Å². The standard InChI is InChI=1S/C16H15N3O2/c1-21-16(20)15(12-3-2-4-13(18)9-12)19-14-7-5-11(10-17)6-8-14/h2-9,15,19H,18H2,1H3. The summed E-state index contributed by atoms with van der Waals surface area (Å²) in [7, 11) is 1.34. The van der Waals surface area contributed by atoms with Gasteiger partial charge in [0.25, 0.3) is 0 Å². The molecule has 106 valence electrons. The number of carbonyl (C=O) groups is 1. The summed E-state index contributed by atoms with van der Waals surface area (Å²) in [6, 6.07) is 15.3. The molecular formula is C16H15N3O2. The van der Waals surface area contributed by atoms with Crippen LogP contribution in [0.5, 0.6) is 0 Å². The number of rotatable bonds is 4. The van der Waals surface area contributed by atoms with Gasteiger partial charge < -0.3 is 15.8 Å². The van der Waals surface area contributed by atoms with Gasteiger partial charge in [0.2, 0.25) is 0 Å². The number of benzene rings is 2. The topological polar surface area (TPSA) is 88.1 Å². The summed E-state index contributed by atoms with van der Waals surface area (Å²) in [5, 5.41) is 11.9. The van der Waals surface area contributed by atoms with Crippen LogP contribution in [0.25, 0.3) is 0 Å². The second-order valence-corrected chi connectivity index (χ2v) is 4.46. The number of nitrogens with one attached hydrogen (secondary N) is 1. The van der Waals surface area contributed by atoms with E-state index < -0.39 is 12.0 Å². The van der Waals surface area contributed by atoms with Crippen molar-refractivity contribution in [3.63, 3.8) is 0 Å². The minimum Gasteiger partial charge on any atom is -0.467 e. The highest BCUT2D eigenvalue weighted by atomic mass is 16.5. The van der Waals surface area contributed by atoms with Crippen molar-refractivity contribution in [3.05, 3.63) is 59.7 Å². The fourth-order valence-corrected chi connectivity index (χ4v) is 1.94. The largest absolute Gasteiger partial charge is 0.467 e. The van der Waals surface area contributed by atoms with Gasteiger partial charge >= 0.3 is 5.97 Å². The van der Waals surface area contributed by atoms with Gasteiger partial charge in [0.05, 0.1) is 18.7 Å². The average molecular weight is 281 g/mol. The van der Waals surface area contributed by atoms with Crippen molar-refractivity contribution >= 4 is 17.3 Å². The maximum Gasteiger partial charge on any atom is 0.332 e. The number of nitrogens with two attached hydrogens (primary N) is 1. The molecule has 5 heteroatoms. The highest BCUT2D eigenvalue weighted by Crippen LogP contribution is 2.22. The third kappa shape index (κ3) is 3.51. The number of ether oxygens (including phenoxy) is 1. The van der Waals surface area contributed by atoms with Gasteiger partial charge in [-0.1, -0.05) is 12.1 Å². The fraction of sp³-hybridized carbons (Fsp3) is 0.125. The maximum atomic E-state index is 12.0. The Labute approximate surface area is 123 Å². The van der Waals surface area contributed by atoms with Crippen molar-refractivity contribution in [2.24, 2.45) is 0 Å². The van der Waals surface area contributed by atoms with Crippen LogP contribution in [0.3, 0.4) is 0 Å². The molecule has 2 aromatic carbocycles. The molecule has 0 heterocycles. The van der Waals surface area contributed by atoms with Gasteiger partial charge in [0, 0.05) is 11.4 Å². The van der Waals surface area contributed by atoms with E-state index in [-0.39, 0.29) is 0 Å². The molecule has 2 rings (SSSR count). The monoisotopic (exact) mass is 281 g/mol. The predicted octanol–water partition coefficient (Wildman–Crippen LogP) is 2.47. The Hall–Kier alpha value is -3.00. The highest BCUT2D eigenvalue weighted by Gasteiger charge is 2.21. The van der Waals surface area contributed by atoms with Gasteiger partial charge in [0.1, 0.15) is 0 Å². The van der Waals surface area contributed by atoms with E-state index in [2.05, 4.69) is 5.32 Å². The normalized spacial score (nSPS) is 11.2. The summed E-state index contributed by atoms with van der Waals surface area (Å²) in [5.41, 5.74) is 8.31. The first-order chi connectivity index (χ1) is 10.1. The number of anilines is 2. The first kappa shape index (κ1) is 14.4. The van der Waals surface area contributed by atoms with Gasteiger partial charge in [-0.15, -0.1) is 0 Å². The Morgan fingerprint density at radius 3 is 2.57 bits per heavy atom. The third-order valence-corrected chi connectivity index (χ3v) is 3.01. The molecule has 21 heavy (non-hydrogen) atoms. The van der Waals surface area contributed by atoms with Crippen LogP contribution in [-0.2, 0) is 9.53 Å². The van der Waals surface area contributed by atoms with Crippen molar-refractivity contribution in [1.29, 1.82) is 5.26 Å². The first-order valence-corrected chi connectivity index (χ1v) is 6.34. The zero-order valence-corrected chi connectivity index (χ0v) is 11.5. The van der Waals surface area contributed by atoms with E-state index in [0.29, 0.717) is 22.5 Å². The van der Waals surface area contributed by atoms with Crippen LogP contribution in [-0.4, -0.2) is 13.1 Å². The van der Waals surface area contributed by atoms with E-state index in [1.807, 2.05) is 6.07 Å². The fourth-order valence-electron chi connectivity index (χ4n) is 1.94. The van der Waals surface area contributed by atoms with Crippen LogP contribution < -0.4 is 11.1 Å². The van der Waals surface area contributed by atoms with E-state index in [0.717, 1.165) is 0 Å². The smallest absolute Gasteiger partial charge is 0.332 e. The number of carbonyl (C=O) groups excluding carboxylic acids is 1. The molecule has 3 N–H and O–H groups in total. The highest BCUT2D eigenvalue weighted by molar-refractivity contribution is 5.81. The molecule has 0 saturated heterocycles. The molecule has 0 aliphatic heterocycles. The lowest BCUT2D eigenvalue weighted by atomic mass is 10.1. The van der Waals surface area contributed by atoms with Crippen LogP contribution in [0.2, 0.25) is 0 Å². The molecule has 0 bridgehead atoms. The van der Waals surface area contributed by atoms with Crippen LogP contribution in [0.15, 0.2) is 48.5 Å². The molecule has 0 aliphatic rings. The minimum atomic E-state index is -0.661. The van der Waals surface area contributed by atoms with Gasteiger partial charge in [-0.3, -0.25) is 0 Å². The summed E-state index contributed by atoms with van der Waals surface area (Å²) >= 11 is 0. The molecule has 0 aliphatic carbocycles. The Kier molecular flexibility index (Phi) is 4.42. The summed E-state index contributed by atoms with van der Waals surface area (Å²) in [6.07, 6.45) is 0. The number of methoxy groups -OCH3 is 1. The van der Waals surface area contributed by atoms with E-state index in [1.54, 1.807) is 48.5 Å². The van der Waals surface area contributed by atoms with Gasteiger partial charge in [-0.25, -0.2) is 4.79 Å². The molecule has 1 unspecified atom stereocenters. The second kappa shape index (κ2) is 6.44. The lowest BCUT2D eigenvalue weighted by Gasteiger charge is -2.18. The lowest BCUT2D eigenvalue weighted by molar-refractivity contribution is -0.141. The number of hydrogen-bond donors (Lipinski definition) is 2.